The van der Waals surface area contributed by atoms with E-state index in [9.17, 15) is 9.90 Å². The highest BCUT2D eigenvalue weighted by Gasteiger charge is 2.24. The molecule has 0 spiro atoms. The van der Waals surface area contributed by atoms with Crippen molar-refractivity contribution in [2.75, 3.05) is 0 Å². The number of aliphatic carboxylic acids is 1. The largest absolute Gasteiger partial charge is 0.478 e. The van der Waals surface area contributed by atoms with Crippen LogP contribution >= 0.6 is 23.4 Å². The molecule has 0 saturated heterocycles. The van der Waals surface area contributed by atoms with Crippen LogP contribution in [0.1, 0.15) is 23.3 Å². The van der Waals surface area contributed by atoms with Crippen LogP contribution in [-0.4, -0.2) is 21.7 Å². The van der Waals surface area contributed by atoms with Crippen LogP contribution in [-0.2, 0) is 23.4 Å². The average molecular weight is 416 g/mol. The topological polar surface area (TPSA) is 72.6 Å². The monoisotopic (exact) mass is 415 g/mol. The van der Waals surface area contributed by atoms with E-state index in [1.54, 1.807) is 18.2 Å². The normalized spacial score (nSPS) is 13.9. The summed E-state index contributed by atoms with van der Waals surface area (Å²) in [5.74, 6) is 0.572. The molecule has 0 bridgehead atoms. The molecule has 7 heteroatoms. The number of carbonyl (C=O) groups is 1. The molecule has 0 fully saturated rings. The fourth-order valence-electron chi connectivity index (χ4n) is 3.26. The number of ether oxygens (including phenoxy) is 1. The van der Waals surface area contributed by atoms with Crippen molar-refractivity contribution in [3.05, 3.63) is 70.4 Å². The van der Waals surface area contributed by atoms with Crippen molar-refractivity contribution < 1.29 is 19.2 Å². The van der Waals surface area contributed by atoms with Gasteiger partial charge in [0.05, 0.1) is 5.75 Å². The summed E-state index contributed by atoms with van der Waals surface area (Å²) in [6.07, 6.45) is 3.02. The third-order valence-electron chi connectivity index (χ3n) is 4.61. The Balaban J connectivity index is 1.43. The molecular weight excluding hydrogens is 398 g/mol. The molecule has 0 saturated carbocycles. The molecule has 1 unspecified atom stereocenters. The summed E-state index contributed by atoms with van der Waals surface area (Å²) in [7, 11) is 0. The lowest BCUT2D eigenvalue weighted by Crippen LogP contribution is -2.24. The van der Waals surface area contributed by atoms with Gasteiger partial charge in [0.15, 0.2) is 0 Å². The summed E-state index contributed by atoms with van der Waals surface area (Å²) in [5.41, 5.74) is 2.92. The second kappa shape index (κ2) is 8.29. The Hall–Kier alpha value is -2.44. The van der Waals surface area contributed by atoms with Crippen molar-refractivity contribution in [2.24, 2.45) is 0 Å². The zero-order chi connectivity index (χ0) is 19.5. The molecule has 0 amide bonds. The molecule has 144 valence electrons. The molecule has 0 aliphatic heterocycles. The summed E-state index contributed by atoms with van der Waals surface area (Å²) in [6.45, 7) is 0. The molecule has 5 nitrogen and oxygen atoms in total. The van der Waals surface area contributed by atoms with Gasteiger partial charge >= 0.3 is 5.97 Å². The van der Waals surface area contributed by atoms with Gasteiger partial charge in [-0.05, 0) is 48.6 Å². The van der Waals surface area contributed by atoms with E-state index < -0.39 is 11.4 Å². The highest BCUT2D eigenvalue weighted by atomic mass is 35.5. The van der Waals surface area contributed by atoms with Crippen molar-refractivity contribution in [3.8, 4) is 17.0 Å². The predicted molar refractivity (Wildman–Crippen MR) is 109 cm³/mol. The molecule has 0 radical (unpaired) electrons. The van der Waals surface area contributed by atoms with Gasteiger partial charge in [-0.25, -0.2) is 4.79 Å². The highest BCUT2D eigenvalue weighted by Crippen LogP contribution is 2.33. The highest BCUT2D eigenvalue weighted by molar-refractivity contribution is 7.99. The van der Waals surface area contributed by atoms with Crippen LogP contribution in [0, 0.1) is 0 Å². The predicted octanol–water partition coefficient (Wildman–Crippen LogP) is 5.21. The third-order valence-corrected chi connectivity index (χ3v) is 5.92. The molecule has 1 atom stereocenters. The summed E-state index contributed by atoms with van der Waals surface area (Å²) in [6, 6.07) is 14.9. The quantitative estimate of drug-likeness (QED) is 0.534. The maximum Gasteiger partial charge on any atom is 0.355 e. The fourth-order valence-corrected chi connectivity index (χ4v) is 4.15. The minimum atomic E-state index is -1.02. The SMILES string of the molecule is O=C(O)C(Oc1cccc2c1CCC2)SCc1cc(-c2ccc(Cl)cc2)no1. The Morgan fingerprint density at radius 1 is 1.25 bits per heavy atom. The van der Waals surface area contributed by atoms with Gasteiger partial charge in [-0.1, -0.05) is 52.8 Å². The number of aromatic nitrogens is 1. The lowest BCUT2D eigenvalue weighted by atomic mass is 10.1. The van der Waals surface area contributed by atoms with Gasteiger partial charge in [0.2, 0.25) is 5.44 Å². The number of halogens is 1. The molecule has 1 N–H and O–H groups in total. The average Bonchev–Trinajstić information content (AvgIpc) is 3.35. The van der Waals surface area contributed by atoms with E-state index in [-0.39, 0.29) is 0 Å². The van der Waals surface area contributed by atoms with E-state index in [1.807, 2.05) is 24.3 Å². The zero-order valence-corrected chi connectivity index (χ0v) is 16.5. The third kappa shape index (κ3) is 4.18. The van der Waals surface area contributed by atoms with Crippen molar-refractivity contribution in [3.63, 3.8) is 0 Å². The van der Waals surface area contributed by atoms with Gasteiger partial charge < -0.3 is 14.4 Å². The first kappa shape index (κ1) is 18.9. The van der Waals surface area contributed by atoms with E-state index in [0.29, 0.717) is 28.0 Å². The molecule has 1 aliphatic carbocycles. The number of carboxylic acid groups (broad SMARTS) is 1. The summed E-state index contributed by atoms with van der Waals surface area (Å²) < 4.78 is 11.2. The number of rotatable bonds is 7. The van der Waals surface area contributed by atoms with Gasteiger partial charge in [0, 0.05) is 16.7 Å². The van der Waals surface area contributed by atoms with E-state index in [1.165, 1.54) is 5.56 Å². The number of nitrogens with zero attached hydrogens (tertiary/aromatic N) is 1. The van der Waals surface area contributed by atoms with Gasteiger partial charge in [-0.15, -0.1) is 0 Å². The summed E-state index contributed by atoms with van der Waals surface area (Å²) in [4.78, 5) is 11.7. The van der Waals surface area contributed by atoms with Crippen molar-refractivity contribution in [1.82, 2.24) is 5.16 Å². The lowest BCUT2D eigenvalue weighted by Gasteiger charge is -2.16. The Morgan fingerprint density at radius 3 is 2.86 bits per heavy atom. The Labute approximate surface area is 171 Å². The van der Waals surface area contributed by atoms with E-state index in [4.69, 9.17) is 20.9 Å². The first-order chi connectivity index (χ1) is 13.6. The van der Waals surface area contributed by atoms with Gasteiger partial charge in [-0.3, -0.25) is 0 Å². The molecule has 3 aromatic rings. The van der Waals surface area contributed by atoms with Crippen LogP contribution in [0.15, 0.2) is 53.1 Å². The van der Waals surface area contributed by atoms with Crippen LogP contribution < -0.4 is 4.74 Å². The Kier molecular flexibility index (Phi) is 5.59. The number of hydrogen-bond acceptors (Lipinski definition) is 5. The maximum atomic E-state index is 11.7. The molecule has 1 aliphatic rings. The molecule has 28 heavy (non-hydrogen) atoms. The van der Waals surface area contributed by atoms with Crippen LogP contribution in [0.2, 0.25) is 5.02 Å². The van der Waals surface area contributed by atoms with Crippen molar-refractivity contribution in [2.45, 2.75) is 30.5 Å². The lowest BCUT2D eigenvalue weighted by molar-refractivity contribution is -0.140. The van der Waals surface area contributed by atoms with Gasteiger partial charge in [0.1, 0.15) is 17.2 Å². The molecule has 2 aromatic carbocycles. The Morgan fingerprint density at radius 2 is 2.07 bits per heavy atom. The molecule has 4 rings (SSSR count). The van der Waals surface area contributed by atoms with Crippen LogP contribution in [0.3, 0.4) is 0 Å². The second-order valence-corrected chi connectivity index (χ2v) is 8.02. The first-order valence-corrected chi connectivity index (χ1v) is 10.4. The minimum Gasteiger partial charge on any atom is -0.478 e. The van der Waals surface area contributed by atoms with Crippen LogP contribution in [0.25, 0.3) is 11.3 Å². The number of aryl methyl sites for hydroxylation is 1. The van der Waals surface area contributed by atoms with Crippen molar-refractivity contribution in [1.29, 1.82) is 0 Å². The van der Waals surface area contributed by atoms with Crippen molar-refractivity contribution >= 4 is 29.3 Å². The second-order valence-electron chi connectivity index (χ2n) is 6.53. The minimum absolute atomic E-state index is 0.340. The van der Waals surface area contributed by atoms with E-state index >= 15 is 0 Å². The maximum absolute atomic E-state index is 11.7. The van der Waals surface area contributed by atoms with Crippen LogP contribution in [0.5, 0.6) is 5.75 Å². The number of benzene rings is 2. The Bertz CT molecular complexity index is 986. The zero-order valence-electron chi connectivity index (χ0n) is 14.9. The summed E-state index contributed by atoms with van der Waals surface area (Å²) >= 11 is 7.06. The smallest absolute Gasteiger partial charge is 0.355 e. The van der Waals surface area contributed by atoms with Crippen LogP contribution in [0.4, 0.5) is 0 Å². The fraction of sp³-hybridized carbons (Fsp3) is 0.238. The number of thioether (sulfide) groups is 1. The van der Waals surface area contributed by atoms with E-state index in [2.05, 4.69) is 11.2 Å². The van der Waals surface area contributed by atoms with Gasteiger partial charge in [-0.2, -0.15) is 0 Å². The van der Waals surface area contributed by atoms with E-state index in [0.717, 1.165) is 42.2 Å². The molecule has 1 aromatic heterocycles. The van der Waals surface area contributed by atoms with Gasteiger partial charge in [0.25, 0.3) is 0 Å². The number of hydrogen-bond donors (Lipinski definition) is 1. The number of fused-ring (bicyclic) bond motifs is 1. The molecular formula is C21H18ClNO4S. The number of carboxylic acids is 1. The summed E-state index contributed by atoms with van der Waals surface area (Å²) in [5, 5.41) is 14.3. The molecule has 1 heterocycles. The first-order valence-electron chi connectivity index (χ1n) is 8.93. The standard InChI is InChI=1S/C21H18ClNO4S/c22-15-9-7-14(8-10-15)18-11-16(27-23-18)12-28-21(20(24)25)26-19-6-2-4-13-3-1-5-17(13)19/h2,4,6-11,21H,1,3,5,12H2,(H,24,25).